The van der Waals surface area contributed by atoms with Gasteiger partial charge in [0.2, 0.25) is 5.91 Å². The van der Waals surface area contributed by atoms with Gasteiger partial charge >= 0.3 is 0 Å². The van der Waals surface area contributed by atoms with E-state index >= 15 is 0 Å². The van der Waals surface area contributed by atoms with Crippen LogP contribution in [0, 0.1) is 0 Å². The van der Waals surface area contributed by atoms with E-state index in [1.807, 2.05) is 5.38 Å². The first-order valence-electron chi connectivity index (χ1n) is 5.52. The quantitative estimate of drug-likeness (QED) is 0.655. The molecule has 0 aliphatic rings. The van der Waals surface area contributed by atoms with Crippen LogP contribution >= 0.6 is 34.7 Å². The molecule has 2 rings (SSSR count). The van der Waals surface area contributed by atoms with E-state index in [1.165, 1.54) is 0 Å². The van der Waals surface area contributed by atoms with Gasteiger partial charge in [0.1, 0.15) is 4.34 Å². The molecular formula is C12H12ClN3OS2. The lowest BCUT2D eigenvalue weighted by atomic mass is 10.2. The Morgan fingerprint density at radius 3 is 3.05 bits per heavy atom. The molecule has 4 nitrogen and oxygen atoms in total. The lowest BCUT2D eigenvalue weighted by Crippen LogP contribution is -2.12. The van der Waals surface area contributed by atoms with Crippen LogP contribution in [0.3, 0.4) is 0 Å². The minimum absolute atomic E-state index is 0.0502. The predicted octanol–water partition coefficient (Wildman–Crippen LogP) is 3.50. The number of halogens is 1. The van der Waals surface area contributed by atoms with E-state index in [1.54, 1.807) is 47.5 Å². The van der Waals surface area contributed by atoms with Gasteiger partial charge in [-0.1, -0.05) is 23.4 Å². The fourth-order valence-electron chi connectivity index (χ4n) is 1.36. The maximum Gasteiger partial charge on any atom is 0.225 e. The van der Waals surface area contributed by atoms with Crippen LogP contribution in [0.25, 0.3) is 0 Å². The van der Waals surface area contributed by atoms with Gasteiger partial charge in [-0.25, -0.2) is 4.98 Å². The summed E-state index contributed by atoms with van der Waals surface area (Å²) in [6.07, 6.45) is 2.18. The molecule has 1 aromatic carbocycles. The number of anilines is 2. The summed E-state index contributed by atoms with van der Waals surface area (Å²) in [5.74, 6) is 0.647. The van der Waals surface area contributed by atoms with Gasteiger partial charge in [-0.15, -0.1) is 11.3 Å². The highest BCUT2D eigenvalue weighted by Gasteiger charge is 2.05. The number of nitrogens with two attached hydrogens (primary N) is 1. The average molecular weight is 314 g/mol. The standard InChI is InChI=1S/C12H12ClN3OS2/c13-9-2-1-8(7-10(9)14)16-11(17)3-5-18-12-15-4-6-19-12/h1-2,4,6-7H,3,5,14H2,(H,16,17). The molecule has 2 aromatic rings. The highest BCUT2D eigenvalue weighted by atomic mass is 35.5. The normalized spacial score (nSPS) is 10.4. The Labute approximate surface area is 124 Å². The molecule has 0 aliphatic heterocycles. The third-order valence-electron chi connectivity index (χ3n) is 2.24. The summed E-state index contributed by atoms with van der Waals surface area (Å²) in [7, 11) is 0. The largest absolute Gasteiger partial charge is 0.397 e. The van der Waals surface area contributed by atoms with E-state index in [4.69, 9.17) is 17.3 Å². The van der Waals surface area contributed by atoms with Gasteiger partial charge in [-0.05, 0) is 18.2 Å². The number of carbonyl (C=O) groups excluding carboxylic acids is 1. The molecular weight excluding hydrogens is 302 g/mol. The molecule has 1 amide bonds. The van der Waals surface area contributed by atoms with E-state index in [2.05, 4.69) is 10.3 Å². The van der Waals surface area contributed by atoms with Crippen LogP contribution in [0.5, 0.6) is 0 Å². The molecule has 0 unspecified atom stereocenters. The Morgan fingerprint density at radius 1 is 1.53 bits per heavy atom. The molecule has 0 spiro atoms. The smallest absolute Gasteiger partial charge is 0.225 e. The number of rotatable bonds is 5. The first-order valence-corrected chi connectivity index (χ1v) is 7.76. The number of thiazole rings is 1. The van der Waals surface area contributed by atoms with Gasteiger partial charge in [0.25, 0.3) is 0 Å². The van der Waals surface area contributed by atoms with Crippen LogP contribution in [0.4, 0.5) is 11.4 Å². The van der Waals surface area contributed by atoms with Gasteiger partial charge in [0, 0.05) is 29.4 Å². The number of thioether (sulfide) groups is 1. The van der Waals surface area contributed by atoms with Crippen molar-refractivity contribution in [2.24, 2.45) is 0 Å². The summed E-state index contributed by atoms with van der Waals surface area (Å²) < 4.78 is 0.975. The first kappa shape index (κ1) is 14.2. The number of hydrogen-bond acceptors (Lipinski definition) is 5. The first-order chi connectivity index (χ1) is 9.15. The minimum atomic E-state index is -0.0502. The van der Waals surface area contributed by atoms with Crippen molar-refractivity contribution in [2.75, 3.05) is 16.8 Å². The molecule has 0 saturated carbocycles. The van der Waals surface area contributed by atoms with E-state index in [9.17, 15) is 4.79 Å². The van der Waals surface area contributed by atoms with E-state index in [0.717, 1.165) is 4.34 Å². The molecule has 0 bridgehead atoms. The number of benzene rings is 1. The number of nitrogens with zero attached hydrogens (tertiary/aromatic N) is 1. The predicted molar refractivity (Wildman–Crippen MR) is 81.9 cm³/mol. The molecule has 0 fully saturated rings. The zero-order valence-electron chi connectivity index (χ0n) is 9.93. The van der Waals surface area contributed by atoms with Crippen molar-refractivity contribution in [1.82, 2.24) is 4.98 Å². The van der Waals surface area contributed by atoms with Gasteiger partial charge in [0.05, 0.1) is 10.7 Å². The van der Waals surface area contributed by atoms with Crippen LogP contribution in [-0.2, 0) is 4.79 Å². The molecule has 0 radical (unpaired) electrons. The Balaban J connectivity index is 1.79. The van der Waals surface area contributed by atoms with Crippen molar-refractivity contribution in [3.05, 3.63) is 34.8 Å². The third kappa shape index (κ3) is 4.41. The maximum atomic E-state index is 11.7. The van der Waals surface area contributed by atoms with Crippen molar-refractivity contribution in [3.63, 3.8) is 0 Å². The fourth-order valence-corrected chi connectivity index (χ4v) is 3.12. The summed E-state index contributed by atoms with van der Waals surface area (Å²) >= 11 is 8.95. The second kappa shape index (κ2) is 6.79. The monoisotopic (exact) mass is 313 g/mol. The van der Waals surface area contributed by atoms with Crippen LogP contribution in [0.15, 0.2) is 34.1 Å². The van der Waals surface area contributed by atoms with Crippen LogP contribution < -0.4 is 11.1 Å². The number of aromatic nitrogens is 1. The van der Waals surface area contributed by atoms with E-state index < -0.39 is 0 Å². The zero-order chi connectivity index (χ0) is 13.7. The molecule has 1 heterocycles. The van der Waals surface area contributed by atoms with Crippen LogP contribution in [0.1, 0.15) is 6.42 Å². The van der Waals surface area contributed by atoms with Crippen molar-refractivity contribution in [3.8, 4) is 0 Å². The van der Waals surface area contributed by atoms with Crippen molar-refractivity contribution in [2.45, 2.75) is 10.8 Å². The Bertz CT molecular complexity index is 560. The lowest BCUT2D eigenvalue weighted by molar-refractivity contribution is -0.115. The van der Waals surface area contributed by atoms with Gasteiger partial charge < -0.3 is 11.1 Å². The molecule has 3 N–H and O–H groups in total. The molecule has 0 aliphatic carbocycles. The lowest BCUT2D eigenvalue weighted by Gasteiger charge is -2.06. The van der Waals surface area contributed by atoms with Crippen LogP contribution in [0.2, 0.25) is 5.02 Å². The summed E-state index contributed by atoms with van der Waals surface area (Å²) in [5, 5.41) is 5.18. The topological polar surface area (TPSA) is 68.0 Å². The maximum absolute atomic E-state index is 11.7. The summed E-state index contributed by atoms with van der Waals surface area (Å²) in [5.41, 5.74) is 6.78. The Hall–Kier alpha value is -1.24. The Kier molecular flexibility index (Phi) is 5.07. The number of carbonyl (C=O) groups is 1. The van der Waals surface area contributed by atoms with Gasteiger partial charge in [-0.3, -0.25) is 4.79 Å². The molecule has 0 saturated heterocycles. The SMILES string of the molecule is Nc1cc(NC(=O)CCSc2nccs2)ccc1Cl. The second-order valence-corrected chi connectivity index (χ2v) is 6.32. The summed E-state index contributed by atoms with van der Waals surface area (Å²) in [6.45, 7) is 0. The second-order valence-electron chi connectivity index (χ2n) is 3.68. The molecule has 1 aromatic heterocycles. The van der Waals surface area contributed by atoms with Crippen molar-refractivity contribution >= 4 is 52.0 Å². The molecule has 19 heavy (non-hydrogen) atoms. The van der Waals surface area contributed by atoms with Gasteiger partial charge in [0.15, 0.2) is 0 Å². The number of nitrogen functional groups attached to an aromatic ring is 1. The average Bonchev–Trinajstić information content (AvgIpc) is 2.87. The third-order valence-corrected chi connectivity index (χ3v) is 4.56. The van der Waals surface area contributed by atoms with Gasteiger partial charge in [-0.2, -0.15) is 0 Å². The number of amides is 1. The fraction of sp³-hybridized carbons (Fsp3) is 0.167. The van der Waals surface area contributed by atoms with E-state index in [-0.39, 0.29) is 5.91 Å². The summed E-state index contributed by atoms with van der Waals surface area (Å²) in [4.78, 5) is 15.9. The highest BCUT2D eigenvalue weighted by molar-refractivity contribution is 8.01. The molecule has 100 valence electrons. The number of nitrogens with one attached hydrogen (secondary N) is 1. The van der Waals surface area contributed by atoms with Crippen molar-refractivity contribution in [1.29, 1.82) is 0 Å². The zero-order valence-corrected chi connectivity index (χ0v) is 12.3. The summed E-state index contributed by atoms with van der Waals surface area (Å²) in [6, 6.07) is 5.04. The number of hydrogen-bond donors (Lipinski definition) is 2. The van der Waals surface area contributed by atoms with Crippen molar-refractivity contribution < 1.29 is 4.79 Å². The van der Waals surface area contributed by atoms with Crippen LogP contribution in [-0.4, -0.2) is 16.6 Å². The Morgan fingerprint density at radius 2 is 2.37 bits per heavy atom. The molecule has 0 atom stereocenters. The molecule has 7 heteroatoms. The minimum Gasteiger partial charge on any atom is -0.397 e. The van der Waals surface area contributed by atoms with E-state index in [0.29, 0.717) is 28.6 Å². The highest BCUT2D eigenvalue weighted by Crippen LogP contribution is 2.23.